The molecule has 0 saturated carbocycles. The van der Waals surface area contributed by atoms with Crippen molar-refractivity contribution in [2.24, 2.45) is 0 Å². The van der Waals surface area contributed by atoms with Gasteiger partial charge in [-0.25, -0.2) is 0 Å². The molecule has 30 heavy (non-hydrogen) atoms. The molecule has 3 aromatic carbocycles. The van der Waals surface area contributed by atoms with Crippen molar-refractivity contribution in [1.82, 2.24) is 0 Å². The van der Waals surface area contributed by atoms with E-state index in [0.29, 0.717) is 11.3 Å². The summed E-state index contributed by atoms with van der Waals surface area (Å²) >= 11 is 0. The average molecular weight is 402 g/mol. The van der Waals surface area contributed by atoms with Crippen LogP contribution in [0.5, 0.6) is 5.75 Å². The molecular formula is C25H26N2O3. The van der Waals surface area contributed by atoms with E-state index in [1.807, 2.05) is 55.5 Å². The predicted molar refractivity (Wildman–Crippen MR) is 120 cm³/mol. The van der Waals surface area contributed by atoms with Crippen molar-refractivity contribution in [3.8, 4) is 5.75 Å². The molecule has 5 heteroatoms. The van der Waals surface area contributed by atoms with E-state index in [4.69, 9.17) is 4.74 Å². The van der Waals surface area contributed by atoms with Crippen molar-refractivity contribution in [2.45, 2.75) is 26.7 Å². The molecule has 0 aliphatic rings. The minimum atomic E-state index is -0.239. The van der Waals surface area contributed by atoms with Gasteiger partial charge in [0, 0.05) is 16.9 Å². The molecule has 0 saturated heterocycles. The van der Waals surface area contributed by atoms with E-state index in [9.17, 15) is 9.59 Å². The van der Waals surface area contributed by atoms with E-state index >= 15 is 0 Å². The van der Waals surface area contributed by atoms with E-state index in [1.165, 1.54) is 5.56 Å². The van der Waals surface area contributed by atoms with Gasteiger partial charge in [0.25, 0.3) is 11.8 Å². The number of amides is 2. The largest absolute Gasteiger partial charge is 0.484 e. The molecule has 2 amide bonds. The molecule has 0 fully saturated rings. The Morgan fingerprint density at radius 1 is 0.800 bits per heavy atom. The number of rotatable bonds is 8. The van der Waals surface area contributed by atoms with Gasteiger partial charge in [0.2, 0.25) is 0 Å². The molecule has 0 atom stereocenters. The average Bonchev–Trinajstić information content (AvgIpc) is 2.79. The van der Waals surface area contributed by atoms with Crippen molar-refractivity contribution in [3.05, 3.63) is 89.5 Å². The number of hydrogen-bond acceptors (Lipinski definition) is 3. The lowest BCUT2D eigenvalue weighted by Gasteiger charge is -2.11. The summed E-state index contributed by atoms with van der Waals surface area (Å²) in [6, 6.07) is 22.2. The zero-order valence-electron chi connectivity index (χ0n) is 17.3. The highest BCUT2D eigenvalue weighted by Gasteiger charge is 2.09. The number of anilines is 2. The Hall–Kier alpha value is -3.60. The first-order valence-electron chi connectivity index (χ1n) is 10.1. The first kappa shape index (κ1) is 21.1. The molecular weight excluding hydrogens is 376 g/mol. The van der Waals surface area contributed by atoms with Crippen molar-refractivity contribution in [3.63, 3.8) is 0 Å². The maximum atomic E-state index is 12.5. The summed E-state index contributed by atoms with van der Waals surface area (Å²) in [5, 5.41) is 5.74. The molecule has 0 aliphatic carbocycles. The number of para-hydroxylation sites is 1. The smallest absolute Gasteiger partial charge is 0.262 e. The summed E-state index contributed by atoms with van der Waals surface area (Å²) in [7, 11) is 0. The van der Waals surface area contributed by atoms with Gasteiger partial charge in [-0.15, -0.1) is 0 Å². The van der Waals surface area contributed by atoms with E-state index in [0.717, 1.165) is 29.8 Å². The van der Waals surface area contributed by atoms with Gasteiger partial charge in [-0.3, -0.25) is 9.59 Å². The van der Waals surface area contributed by atoms with Crippen molar-refractivity contribution >= 4 is 23.2 Å². The van der Waals surface area contributed by atoms with Gasteiger partial charge in [-0.2, -0.15) is 0 Å². The fraction of sp³-hybridized carbons (Fsp3) is 0.200. The zero-order valence-corrected chi connectivity index (χ0v) is 17.3. The van der Waals surface area contributed by atoms with Crippen LogP contribution in [0.2, 0.25) is 0 Å². The summed E-state index contributed by atoms with van der Waals surface area (Å²) < 4.78 is 5.53. The molecule has 0 radical (unpaired) electrons. The van der Waals surface area contributed by atoms with Crippen LogP contribution in [0.15, 0.2) is 72.8 Å². The molecule has 154 valence electrons. The van der Waals surface area contributed by atoms with Crippen LogP contribution in [0.1, 0.15) is 35.3 Å². The summed E-state index contributed by atoms with van der Waals surface area (Å²) in [4.78, 5) is 24.6. The summed E-state index contributed by atoms with van der Waals surface area (Å²) in [5.41, 5.74) is 4.37. The van der Waals surface area contributed by atoms with Gasteiger partial charge in [0.05, 0.1) is 0 Å². The van der Waals surface area contributed by atoms with Crippen molar-refractivity contribution in [2.75, 3.05) is 17.2 Å². The van der Waals surface area contributed by atoms with Crippen LogP contribution in [0, 0.1) is 0 Å². The lowest BCUT2D eigenvalue weighted by atomic mass is 10.1. The number of carbonyl (C=O) groups excluding carboxylic acids is 2. The van der Waals surface area contributed by atoms with Gasteiger partial charge in [-0.1, -0.05) is 44.2 Å². The first-order valence-corrected chi connectivity index (χ1v) is 10.1. The Morgan fingerprint density at radius 2 is 1.50 bits per heavy atom. The number of nitrogens with one attached hydrogen (secondary N) is 2. The quantitative estimate of drug-likeness (QED) is 0.552. The number of benzene rings is 3. The maximum absolute atomic E-state index is 12.5. The number of hydrogen-bond donors (Lipinski definition) is 2. The van der Waals surface area contributed by atoms with Crippen LogP contribution in [-0.4, -0.2) is 18.4 Å². The fourth-order valence-corrected chi connectivity index (χ4v) is 3.02. The third kappa shape index (κ3) is 5.70. The Balaban J connectivity index is 1.52. The minimum Gasteiger partial charge on any atom is -0.484 e. The van der Waals surface area contributed by atoms with Gasteiger partial charge in [0.1, 0.15) is 5.75 Å². The Labute approximate surface area is 177 Å². The van der Waals surface area contributed by atoms with Crippen molar-refractivity contribution < 1.29 is 14.3 Å². The van der Waals surface area contributed by atoms with Crippen LogP contribution in [-0.2, 0) is 17.6 Å². The molecule has 0 spiro atoms. The minimum absolute atomic E-state index is 0.106. The second kappa shape index (κ2) is 10.3. The first-order chi connectivity index (χ1) is 14.6. The van der Waals surface area contributed by atoms with Gasteiger partial charge in [-0.05, 0) is 66.4 Å². The maximum Gasteiger partial charge on any atom is 0.262 e. The third-order valence-corrected chi connectivity index (χ3v) is 4.78. The molecule has 2 N–H and O–H groups in total. The summed E-state index contributed by atoms with van der Waals surface area (Å²) in [5.74, 6) is 0.102. The normalized spacial score (nSPS) is 10.3. The van der Waals surface area contributed by atoms with Crippen molar-refractivity contribution in [1.29, 1.82) is 0 Å². The van der Waals surface area contributed by atoms with Gasteiger partial charge >= 0.3 is 0 Å². The summed E-state index contributed by atoms with van der Waals surface area (Å²) in [6.45, 7) is 4.03. The monoisotopic (exact) mass is 402 g/mol. The van der Waals surface area contributed by atoms with Crippen LogP contribution in [0.3, 0.4) is 0 Å². The number of carbonyl (C=O) groups is 2. The van der Waals surface area contributed by atoms with E-state index in [-0.39, 0.29) is 18.4 Å². The van der Waals surface area contributed by atoms with Crippen LogP contribution in [0.25, 0.3) is 0 Å². The molecule has 0 heterocycles. The second-order valence-electron chi connectivity index (χ2n) is 6.88. The standard InChI is InChI=1S/C25H26N2O3/c1-3-18-9-13-21(14-10-18)26-24(28)17-30-22-15-11-20(12-16-22)25(29)27-23-8-6-5-7-19(23)4-2/h5-16H,3-4,17H2,1-2H3,(H,26,28)(H,27,29). The molecule has 3 aromatic rings. The van der Waals surface area contributed by atoms with Crippen LogP contribution >= 0.6 is 0 Å². The predicted octanol–water partition coefficient (Wildman–Crippen LogP) is 5.08. The topological polar surface area (TPSA) is 67.4 Å². The lowest BCUT2D eigenvalue weighted by Crippen LogP contribution is -2.20. The van der Waals surface area contributed by atoms with Crippen LogP contribution < -0.4 is 15.4 Å². The van der Waals surface area contributed by atoms with E-state index in [2.05, 4.69) is 17.6 Å². The SMILES string of the molecule is CCc1ccc(NC(=O)COc2ccc(C(=O)Nc3ccccc3CC)cc2)cc1. The zero-order chi connectivity index (χ0) is 21.3. The molecule has 0 bridgehead atoms. The van der Waals surface area contributed by atoms with E-state index in [1.54, 1.807) is 24.3 Å². The molecule has 3 rings (SSSR count). The summed E-state index contributed by atoms with van der Waals surface area (Å²) in [6.07, 6.45) is 1.80. The second-order valence-corrected chi connectivity index (χ2v) is 6.88. The van der Waals surface area contributed by atoms with Gasteiger partial charge < -0.3 is 15.4 Å². The number of ether oxygens (including phenoxy) is 1. The number of aryl methyl sites for hydroxylation is 2. The van der Waals surface area contributed by atoms with E-state index < -0.39 is 0 Å². The third-order valence-electron chi connectivity index (χ3n) is 4.78. The van der Waals surface area contributed by atoms with Crippen LogP contribution in [0.4, 0.5) is 11.4 Å². The highest BCUT2D eigenvalue weighted by Crippen LogP contribution is 2.18. The van der Waals surface area contributed by atoms with Gasteiger partial charge in [0.15, 0.2) is 6.61 Å². The molecule has 0 aromatic heterocycles. The Bertz CT molecular complexity index is 996. The Morgan fingerprint density at radius 3 is 2.17 bits per heavy atom. The Kier molecular flexibility index (Phi) is 7.22. The fourth-order valence-electron chi connectivity index (χ4n) is 3.02. The lowest BCUT2D eigenvalue weighted by molar-refractivity contribution is -0.118. The highest BCUT2D eigenvalue weighted by atomic mass is 16.5. The molecule has 5 nitrogen and oxygen atoms in total. The molecule has 0 unspecified atom stereocenters. The highest BCUT2D eigenvalue weighted by molar-refractivity contribution is 6.04. The molecule has 0 aliphatic heterocycles.